The van der Waals surface area contributed by atoms with Gasteiger partial charge in [-0.25, -0.2) is 0 Å². The van der Waals surface area contributed by atoms with E-state index in [-0.39, 0.29) is 24.8 Å². The number of unbranched alkanes of at least 4 members (excludes halogenated alkanes) is 2. The molecule has 0 unspecified atom stereocenters. The van der Waals surface area contributed by atoms with Crippen molar-refractivity contribution < 1.29 is 9.47 Å². The minimum absolute atomic E-state index is 0. The Hall–Kier alpha value is -1.46. The van der Waals surface area contributed by atoms with Crippen molar-refractivity contribution in [2.75, 3.05) is 51.4 Å². The van der Waals surface area contributed by atoms with Crippen LogP contribution >= 0.6 is 24.8 Å². The summed E-state index contributed by atoms with van der Waals surface area (Å²) in [6, 6.07) is 17.2. The molecular weight excluding hydrogens is 395 g/mol. The highest BCUT2D eigenvalue weighted by molar-refractivity contribution is 5.85. The molecule has 0 aliphatic carbocycles. The van der Waals surface area contributed by atoms with Gasteiger partial charge in [0.15, 0.2) is 0 Å². The molecular formula is C22H32Cl2N2O2. The average molecular weight is 427 g/mol. The third-order valence-corrected chi connectivity index (χ3v) is 4.80. The van der Waals surface area contributed by atoms with Gasteiger partial charge in [0.2, 0.25) is 0 Å². The van der Waals surface area contributed by atoms with Gasteiger partial charge in [-0.2, -0.15) is 0 Å². The molecule has 0 saturated carbocycles. The molecule has 0 radical (unpaired) electrons. The number of nitrogens with one attached hydrogen (secondary N) is 1. The molecule has 156 valence electrons. The molecule has 1 saturated heterocycles. The number of piperazine rings is 1. The summed E-state index contributed by atoms with van der Waals surface area (Å²) >= 11 is 0. The summed E-state index contributed by atoms with van der Waals surface area (Å²) in [5.74, 6) is 0.967. The highest BCUT2D eigenvalue weighted by Crippen LogP contribution is 2.31. The summed E-state index contributed by atoms with van der Waals surface area (Å²) < 4.78 is 11.1. The van der Waals surface area contributed by atoms with Gasteiger partial charge in [0.05, 0.1) is 6.61 Å². The number of halogens is 2. The van der Waals surface area contributed by atoms with Crippen molar-refractivity contribution in [2.45, 2.75) is 19.3 Å². The van der Waals surface area contributed by atoms with E-state index in [1.807, 2.05) is 6.07 Å². The van der Waals surface area contributed by atoms with Crippen molar-refractivity contribution in [3.63, 3.8) is 0 Å². The van der Waals surface area contributed by atoms with Crippen LogP contribution in [0, 0.1) is 0 Å². The van der Waals surface area contributed by atoms with Crippen LogP contribution in [0.4, 0.5) is 5.69 Å². The van der Waals surface area contributed by atoms with Crippen LogP contribution in [0.1, 0.15) is 19.3 Å². The van der Waals surface area contributed by atoms with Gasteiger partial charge in [-0.1, -0.05) is 30.3 Å². The zero-order chi connectivity index (χ0) is 18.0. The van der Waals surface area contributed by atoms with Crippen molar-refractivity contribution >= 4 is 30.5 Å². The monoisotopic (exact) mass is 426 g/mol. The van der Waals surface area contributed by atoms with Crippen LogP contribution < -0.4 is 15.0 Å². The second-order valence-electron chi connectivity index (χ2n) is 6.68. The van der Waals surface area contributed by atoms with Crippen molar-refractivity contribution in [2.24, 2.45) is 0 Å². The summed E-state index contributed by atoms with van der Waals surface area (Å²) in [4.78, 5) is 2.43. The van der Waals surface area contributed by atoms with E-state index in [2.05, 4.69) is 52.7 Å². The van der Waals surface area contributed by atoms with Crippen LogP contribution in [0.25, 0.3) is 11.1 Å². The molecule has 1 aliphatic rings. The van der Waals surface area contributed by atoms with Crippen molar-refractivity contribution in [1.29, 1.82) is 0 Å². The Balaban J connectivity index is 0.00000196. The number of methoxy groups -OCH3 is 1. The fourth-order valence-electron chi connectivity index (χ4n) is 3.31. The fraction of sp³-hybridized carbons (Fsp3) is 0.455. The second kappa shape index (κ2) is 13.7. The summed E-state index contributed by atoms with van der Waals surface area (Å²) in [7, 11) is 1.75. The van der Waals surface area contributed by atoms with Crippen LogP contribution in [-0.2, 0) is 4.74 Å². The van der Waals surface area contributed by atoms with Crippen molar-refractivity contribution in [1.82, 2.24) is 5.32 Å². The van der Waals surface area contributed by atoms with Gasteiger partial charge in [-0.15, -0.1) is 24.8 Å². The number of hydrogen-bond donors (Lipinski definition) is 1. The van der Waals surface area contributed by atoms with Gasteiger partial charge >= 0.3 is 0 Å². The molecule has 6 heteroatoms. The quantitative estimate of drug-likeness (QED) is 0.583. The molecule has 1 N–H and O–H groups in total. The maximum Gasteiger partial charge on any atom is 0.127 e. The lowest BCUT2D eigenvalue weighted by molar-refractivity contribution is 0.189. The number of anilines is 1. The van der Waals surface area contributed by atoms with E-state index in [9.17, 15) is 0 Å². The van der Waals surface area contributed by atoms with E-state index in [4.69, 9.17) is 9.47 Å². The van der Waals surface area contributed by atoms with Crippen LogP contribution in [0.15, 0.2) is 48.5 Å². The Bertz CT molecular complexity index is 662. The van der Waals surface area contributed by atoms with E-state index in [1.54, 1.807) is 7.11 Å². The molecule has 3 rings (SSSR count). The molecule has 0 bridgehead atoms. The van der Waals surface area contributed by atoms with Gasteiger partial charge in [0.1, 0.15) is 5.75 Å². The number of nitrogens with zero attached hydrogens (tertiary/aromatic N) is 1. The number of rotatable bonds is 9. The zero-order valence-electron chi connectivity index (χ0n) is 16.6. The third kappa shape index (κ3) is 7.17. The van der Waals surface area contributed by atoms with Gasteiger partial charge in [-0.3, -0.25) is 0 Å². The smallest absolute Gasteiger partial charge is 0.127 e. The fourth-order valence-corrected chi connectivity index (χ4v) is 3.31. The normalized spacial score (nSPS) is 13.4. The molecule has 0 spiro atoms. The summed E-state index contributed by atoms with van der Waals surface area (Å²) in [6.45, 7) is 5.84. The molecule has 1 aliphatic heterocycles. The second-order valence-corrected chi connectivity index (χ2v) is 6.68. The molecule has 0 atom stereocenters. The highest BCUT2D eigenvalue weighted by atomic mass is 35.5. The predicted octanol–water partition coefficient (Wildman–Crippen LogP) is 4.80. The summed E-state index contributed by atoms with van der Waals surface area (Å²) in [5, 5.41) is 3.40. The molecule has 0 amide bonds. The van der Waals surface area contributed by atoms with E-state index >= 15 is 0 Å². The lowest BCUT2D eigenvalue weighted by Crippen LogP contribution is -2.43. The van der Waals surface area contributed by atoms with E-state index in [1.165, 1.54) is 11.3 Å². The molecule has 28 heavy (non-hydrogen) atoms. The third-order valence-electron chi connectivity index (χ3n) is 4.80. The lowest BCUT2D eigenvalue weighted by atomic mass is 10.0. The van der Waals surface area contributed by atoms with Gasteiger partial charge in [-0.05, 0) is 43.0 Å². The van der Waals surface area contributed by atoms with E-state index in [0.717, 1.165) is 70.0 Å². The van der Waals surface area contributed by atoms with Gasteiger partial charge < -0.3 is 19.7 Å². The average Bonchev–Trinajstić information content (AvgIpc) is 2.72. The Morgan fingerprint density at radius 2 is 1.54 bits per heavy atom. The molecule has 1 fully saturated rings. The SMILES string of the molecule is COCCCCCOc1ccccc1-c1ccc(N2CCNCC2)cc1.Cl.Cl. The van der Waals surface area contributed by atoms with Gasteiger partial charge in [0.25, 0.3) is 0 Å². The van der Waals surface area contributed by atoms with Crippen LogP contribution in [0.5, 0.6) is 5.75 Å². The summed E-state index contributed by atoms with van der Waals surface area (Å²) in [6.07, 6.45) is 3.28. The number of para-hydroxylation sites is 1. The van der Waals surface area contributed by atoms with E-state index < -0.39 is 0 Å². The molecule has 0 aromatic heterocycles. The Labute approximate surface area is 181 Å². The number of benzene rings is 2. The van der Waals surface area contributed by atoms with Crippen LogP contribution in [0.2, 0.25) is 0 Å². The van der Waals surface area contributed by atoms with Crippen molar-refractivity contribution in [3.05, 3.63) is 48.5 Å². The van der Waals surface area contributed by atoms with E-state index in [0.29, 0.717) is 0 Å². The Kier molecular flexibility index (Phi) is 12.0. The number of hydrogen-bond acceptors (Lipinski definition) is 4. The minimum atomic E-state index is 0. The summed E-state index contributed by atoms with van der Waals surface area (Å²) in [5.41, 5.74) is 3.67. The highest BCUT2D eigenvalue weighted by Gasteiger charge is 2.11. The van der Waals surface area contributed by atoms with Gasteiger partial charge in [0, 0.05) is 51.1 Å². The lowest BCUT2D eigenvalue weighted by Gasteiger charge is -2.29. The standard InChI is InChI=1S/C22H30N2O2.2ClH/c1-25-17-5-2-6-18-26-22-8-4-3-7-21(22)19-9-11-20(12-10-19)24-15-13-23-14-16-24;;/h3-4,7-12,23H,2,5-6,13-18H2,1H3;2*1H. The topological polar surface area (TPSA) is 33.7 Å². The first-order valence-corrected chi connectivity index (χ1v) is 9.65. The molecule has 1 heterocycles. The number of ether oxygens (including phenoxy) is 2. The maximum absolute atomic E-state index is 6.06. The first kappa shape index (κ1) is 24.6. The minimum Gasteiger partial charge on any atom is -0.493 e. The maximum atomic E-state index is 6.06. The van der Waals surface area contributed by atoms with Crippen molar-refractivity contribution in [3.8, 4) is 16.9 Å². The van der Waals surface area contributed by atoms with Crippen LogP contribution in [-0.4, -0.2) is 46.5 Å². The predicted molar refractivity (Wildman–Crippen MR) is 123 cm³/mol. The molecule has 2 aromatic carbocycles. The zero-order valence-corrected chi connectivity index (χ0v) is 18.2. The van der Waals surface area contributed by atoms with Crippen LogP contribution in [0.3, 0.4) is 0 Å². The Morgan fingerprint density at radius 1 is 0.857 bits per heavy atom. The largest absolute Gasteiger partial charge is 0.493 e. The molecule has 2 aromatic rings. The first-order chi connectivity index (χ1) is 12.9. The first-order valence-electron chi connectivity index (χ1n) is 9.65. The molecule has 4 nitrogen and oxygen atoms in total. The Morgan fingerprint density at radius 3 is 2.25 bits per heavy atom.